The summed E-state index contributed by atoms with van der Waals surface area (Å²) in [6.45, 7) is 7.36. The molecule has 5 nitrogen and oxygen atoms in total. The molecular weight excluding hydrogens is 270 g/mol. The van der Waals surface area contributed by atoms with E-state index in [1.807, 2.05) is 7.05 Å². The number of tetrazole rings is 1. The molecule has 1 aromatic carbocycles. The average Bonchev–Trinajstić information content (AvgIpc) is 2.83. The molecule has 20 heavy (non-hydrogen) atoms. The van der Waals surface area contributed by atoms with Gasteiger partial charge in [-0.2, -0.15) is 0 Å². The van der Waals surface area contributed by atoms with Gasteiger partial charge in [0.2, 0.25) is 5.16 Å². The van der Waals surface area contributed by atoms with Gasteiger partial charge in [-0.05, 0) is 41.9 Å². The molecule has 0 saturated heterocycles. The maximum absolute atomic E-state index is 4.02. The number of hydrogen-bond donors (Lipinski definition) is 1. The standard InChI is InChI=1S/C14H21N5S/c1-5-15-13(9-20-14-16-17-18-19(14)4)12-8-10(2)6-7-11(12)3/h6-8,13,15H,5,9H2,1-4H3. The van der Waals surface area contributed by atoms with Crippen molar-refractivity contribution in [3.05, 3.63) is 34.9 Å². The first-order valence-corrected chi connectivity index (χ1v) is 7.76. The molecule has 6 heteroatoms. The monoisotopic (exact) mass is 291 g/mol. The number of aromatic nitrogens is 4. The first-order valence-electron chi connectivity index (χ1n) is 6.77. The molecule has 0 aliphatic rings. The van der Waals surface area contributed by atoms with Crippen molar-refractivity contribution in [3.8, 4) is 0 Å². The van der Waals surface area contributed by atoms with Crippen molar-refractivity contribution >= 4 is 11.8 Å². The topological polar surface area (TPSA) is 55.6 Å². The fourth-order valence-corrected chi connectivity index (χ4v) is 3.07. The lowest BCUT2D eigenvalue weighted by atomic mass is 10.00. The molecule has 1 N–H and O–H groups in total. The Bertz CT molecular complexity index is 566. The van der Waals surface area contributed by atoms with Crippen LogP contribution in [-0.2, 0) is 7.05 Å². The SMILES string of the molecule is CCNC(CSc1nnnn1C)c1cc(C)ccc1C. The second-order valence-corrected chi connectivity index (χ2v) is 5.85. The number of rotatable bonds is 6. The maximum Gasteiger partial charge on any atom is 0.209 e. The molecule has 1 unspecified atom stereocenters. The Kier molecular flexibility index (Phi) is 5.14. The largest absolute Gasteiger partial charge is 0.309 e. The minimum Gasteiger partial charge on any atom is -0.309 e. The van der Waals surface area contributed by atoms with E-state index in [4.69, 9.17) is 0 Å². The summed E-state index contributed by atoms with van der Waals surface area (Å²) in [6, 6.07) is 6.91. The second-order valence-electron chi connectivity index (χ2n) is 4.87. The van der Waals surface area contributed by atoms with Crippen molar-refractivity contribution in [1.29, 1.82) is 0 Å². The summed E-state index contributed by atoms with van der Waals surface area (Å²) in [5.41, 5.74) is 3.96. The molecular formula is C14H21N5S. The van der Waals surface area contributed by atoms with Crippen LogP contribution >= 0.6 is 11.8 Å². The van der Waals surface area contributed by atoms with Crippen LogP contribution in [0.2, 0.25) is 0 Å². The van der Waals surface area contributed by atoms with Crippen LogP contribution in [0.5, 0.6) is 0 Å². The third kappa shape index (κ3) is 3.58. The van der Waals surface area contributed by atoms with Crippen molar-refractivity contribution in [3.63, 3.8) is 0 Å². The van der Waals surface area contributed by atoms with E-state index in [1.165, 1.54) is 16.7 Å². The zero-order chi connectivity index (χ0) is 14.5. The molecule has 0 aliphatic heterocycles. The van der Waals surface area contributed by atoms with Crippen LogP contribution in [0.15, 0.2) is 23.4 Å². The zero-order valence-corrected chi connectivity index (χ0v) is 13.2. The van der Waals surface area contributed by atoms with Crippen molar-refractivity contribution in [2.75, 3.05) is 12.3 Å². The predicted molar refractivity (Wildman–Crippen MR) is 81.9 cm³/mol. The Labute approximate surface area is 124 Å². The first-order chi connectivity index (χ1) is 9.61. The summed E-state index contributed by atoms with van der Waals surface area (Å²) in [5, 5.41) is 15.9. The van der Waals surface area contributed by atoms with Gasteiger partial charge in [0, 0.05) is 18.8 Å². The highest BCUT2D eigenvalue weighted by molar-refractivity contribution is 7.99. The van der Waals surface area contributed by atoms with Gasteiger partial charge in [0.25, 0.3) is 0 Å². The Morgan fingerprint density at radius 1 is 1.35 bits per heavy atom. The number of nitrogens with one attached hydrogen (secondary N) is 1. The van der Waals surface area contributed by atoms with Crippen molar-refractivity contribution in [2.24, 2.45) is 7.05 Å². The number of benzene rings is 1. The second kappa shape index (κ2) is 6.85. The Hall–Kier alpha value is -1.40. The van der Waals surface area contributed by atoms with Crippen LogP contribution < -0.4 is 5.32 Å². The lowest BCUT2D eigenvalue weighted by Gasteiger charge is -2.20. The number of aryl methyl sites for hydroxylation is 3. The van der Waals surface area contributed by atoms with E-state index in [9.17, 15) is 0 Å². The average molecular weight is 291 g/mol. The first kappa shape index (κ1) is 15.0. The molecule has 0 fully saturated rings. The maximum atomic E-state index is 4.02. The van der Waals surface area contributed by atoms with Crippen LogP contribution in [-0.4, -0.2) is 32.5 Å². The van der Waals surface area contributed by atoms with Crippen LogP contribution in [0.3, 0.4) is 0 Å². The molecule has 2 rings (SSSR count). The van der Waals surface area contributed by atoms with Crippen molar-refractivity contribution < 1.29 is 0 Å². The van der Waals surface area contributed by atoms with Gasteiger partial charge >= 0.3 is 0 Å². The highest BCUT2D eigenvalue weighted by atomic mass is 32.2. The lowest BCUT2D eigenvalue weighted by molar-refractivity contribution is 0.600. The van der Waals surface area contributed by atoms with E-state index >= 15 is 0 Å². The summed E-state index contributed by atoms with van der Waals surface area (Å²) in [7, 11) is 1.86. The fourth-order valence-electron chi connectivity index (χ4n) is 2.14. The van der Waals surface area contributed by atoms with Crippen molar-refractivity contribution in [1.82, 2.24) is 25.5 Å². The molecule has 0 aliphatic carbocycles. The lowest BCUT2D eigenvalue weighted by Crippen LogP contribution is -2.24. The molecule has 0 spiro atoms. The van der Waals surface area contributed by atoms with Gasteiger partial charge in [-0.15, -0.1) is 5.10 Å². The van der Waals surface area contributed by atoms with Gasteiger partial charge < -0.3 is 5.32 Å². The smallest absolute Gasteiger partial charge is 0.209 e. The fraction of sp³-hybridized carbons (Fsp3) is 0.500. The predicted octanol–water partition coefficient (Wildman–Crippen LogP) is 2.27. The third-order valence-corrected chi connectivity index (χ3v) is 4.33. The van der Waals surface area contributed by atoms with E-state index < -0.39 is 0 Å². The normalized spacial score (nSPS) is 12.6. The summed E-state index contributed by atoms with van der Waals surface area (Å²) in [4.78, 5) is 0. The summed E-state index contributed by atoms with van der Waals surface area (Å²) >= 11 is 1.68. The summed E-state index contributed by atoms with van der Waals surface area (Å²) in [6.07, 6.45) is 0. The molecule has 0 amide bonds. The van der Waals surface area contributed by atoms with Gasteiger partial charge in [-0.3, -0.25) is 0 Å². The molecule has 108 valence electrons. The molecule has 1 atom stereocenters. The Balaban J connectivity index is 2.14. The summed E-state index contributed by atoms with van der Waals surface area (Å²) < 4.78 is 1.71. The number of hydrogen-bond acceptors (Lipinski definition) is 5. The molecule has 0 radical (unpaired) electrons. The van der Waals surface area contributed by atoms with E-state index in [0.717, 1.165) is 17.5 Å². The van der Waals surface area contributed by atoms with E-state index in [2.05, 4.69) is 59.8 Å². The van der Waals surface area contributed by atoms with Gasteiger partial charge in [-0.1, -0.05) is 42.4 Å². The molecule has 0 bridgehead atoms. The zero-order valence-electron chi connectivity index (χ0n) is 12.4. The molecule has 1 aromatic heterocycles. The van der Waals surface area contributed by atoms with Crippen molar-refractivity contribution in [2.45, 2.75) is 32.0 Å². The van der Waals surface area contributed by atoms with Crippen LogP contribution in [0.25, 0.3) is 0 Å². The van der Waals surface area contributed by atoms with Crippen LogP contribution in [0.4, 0.5) is 0 Å². The van der Waals surface area contributed by atoms with Gasteiger partial charge in [0.05, 0.1) is 0 Å². The van der Waals surface area contributed by atoms with E-state index in [0.29, 0.717) is 6.04 Å². The Morgan fingerprint density at radius 3 is 2.80 bits per heavy atom. The van der Waals surface area contributed by atoms with E-state index in [-0.39, 0.29) is 0 Å². The quantitative estimate of drug-likeness (QED) is 0.827. The molecule has 1 heterocycles. The third-order valence-electron chi connectivity index (χ3n) is 3.22. The van der Waals surface area contributed by atoms with E-state index in [1.54, 1.807) is 16.4 Å². The Morgan fingerprint density at radius 2 is 2.15 bits per heavy atom. The molecule has 2 aromatic rings. The van der Waals surface area contributed by atoms with Gasteiger partial charge in [-0.25, -0.2) is 4.68 Å². The minimum atomic E-state index is 0.307. The summed E-state index contributed by atoms with van der Waals surface area (Å²) in [5.74, 6) is 0.909. The highest BCUT2D eigenvalue weighted by Gasteiger charge is 2.15. The number of thioether (sulfide) groups is 1. The van der Waals surface area contributed by atoms with Crippen LogP contribution in [0, 0.1) is 13.8 Å². The molecule has 0 saturated carbocycles. The van der Waals surface area contributed by atoms with Crippen LogP contribution in [0.1, 0.15) is 29.7 Å². The highest BCUT2D eigenvalue weighted by Crippen LogP contribution is 2.25. The van der Waals surface area contributed by atoms with Gasteiger partial charge in [0.15, 0.2) is 0 Å². The van der Waals surface area contributed by atoms with Gasteiger partial charge in [0.1, 0.15) is 0 Å². The minimum absolute atomic E-state index is 0.307. The number of nitrogens with zero attached hydrogens (tertiary/aromatic N) is 4.